The molecule has 0 saturated heterocycles. The molecule has 0 aliphatic carbocycles. The third-order valence-electron chi connectivity index (χ3n) is 3.24. The van der Waals surface area contributed by atoms with Crippen LogP contribution in [0.2, 0.25) is 0 Å². The van der Waals surface area contributed by atoms with Crippen molar-refractivity contribution in [3.05, 3.63) is 51.9 Å². The highest BCUT2D eigenvalue weighted by Gasteiger charge is 2.14. The van der Waals surface area contributed by atoms with Crippen LogP contribution in [0.3, 0.4) is 0 Å². The van der Waals surface area contributed by atoms with E-state index in [4.69, 9.17) is 0 Å². The van der Waals surface area contributed by atoms with Crippen molar-refractivity contribution in [2.24, 2.45) is 0 Å². The number of halogens is 2. The fourth-order valence-electron chi connectivity index (χ4n) is 2.29. The van der Waals surface area contributed by atoms with Gasteiger partial charge in [0.05, 0.1) is 5.69 Å². The Hall–Kier alpha value is -1.36. The number of nitrogens with one attached hydrogen (secondary N) is 2. The fourth-order valence-corrected chi connectivity index (χ4v) is 2.29. The molecule has 0 spiro atoms. The molecule has 20 heavy (non-hydrogen) atoms. The number of rotatable bonds is 1. The van der Waals surface area contributed by atoms with Crippen molar-refractivity contribution in [2.45, 2.75) is 12.8 Å². The van der Waals surface area contributed by atoms with Crippen molar-refractivity contribution in [3.8, 4) is 11.4 Å². The van der Waals surface area contributed by atoms with E-state index in [-0.39, 0.29) is 30.4 Å². The first kappa shape index (κ1) is 16.7. The van der Waals surface area contributed by atoms with Crippen molar-refractivity contribution < 1.29 is 0 Å². The summed E-state index contributed by atoms with van der Waals surface area (Å²) in [5, 5.41) is 3.29. The maximum atomic E-state index is 12.1. The maximum Gasteiger partial charge on any atom is 0.254 e. The van der Waals surface area contributed by atoms with E-state index in [2.05, 4.69) is 15.3 Å². The predicted octanol–water partition coefficient (Wildman–Crippen LogP) is 1.97. The van der Waals surface area contributed by atoms with Crippen LogP contribution in [-0.4, -0.2) is 23.1 Å². The summed E-state index contributed by atoms with van der Waals surface area (Å²) in [7, 11) is 0. The summed E-state index contributed by atoms with van der Waals surface area (Å²) in [4.78, 5) is 19.6. The van der Waals surface area contributed by atoms with E-state index in [1.54, 1.807) is 0 Å². The normalized spacial score (nSPS) is 13.4. The lowest BCUT2D eigenvalue weighted by molar-refractivity contribution is 0.708. The number of nitrogens with zero attached hydrogens (tertiary/aromatic N) is 1. The van der Waals surface area contributed by atoms with Gasteiger partial charge in [-0.25, -0.2) is 4.98 Å². The lowest BCUT2D eigenvalue weighted by Crippen LogP contribution is -2.19. The number of aromatic amines is 1. The summed E-state index contributed by atoms with van der Waals surface area (Å²) in [5.74, 6) is 0.668. The van der Waals surface area contributed by atoms with Gasteiger partial charge in [-0.1, -0.05) is 30.3 Å². The van der Waals surface area contributed by atoms with Crippen molar-refractivity contribution >= 4 is 24.8 Å². The molecule has 0 radical (unpaired) electrons. The molecular formula is C14H17Cl2N3O. The quantitative estimate of drug-likeness (QED) is 0.846. The number of benzene rings is 1. The lowest BCUT2D eigenvalue weighted by Gasteiger charge is -2.06. The van der Waals surface area contributed by atoms with Gasteiger partial charge >= 0.3 is 0 Å². The Kier molecular flexibility index (Phi) is 6.20. The van der Waals surface area contributed by atoms with Crippen LogP contribution >= 0.6 is 24.8 Å². The van der Waals surface area contributed by atoms with Gasteiger partial charge in [0.15, 0.2) is 0 Å². The molecular weight excluding hydrogens is 297 g/mol. The average molecular weight is 314 g/mol. The van der Waals surface area contributed by atoms with E-state index >= 15 is 0 Å². The third-order valence-corrected chi connectivity index (χ3v) is 3.24. The first-order valence-corrected chi connectivity index (χ1v) is 6.23. The second-order valence-electron chi connectivity index (χ2n) is 4.46. The van der Waals surface area contributed by atoms with Gasteiger partial charge in [-0.3, -0.25) is 4.79 Å². The van der Waals surface area contributed by atoms with E-state index in [0.29, 0.717) is 5.82 Å². The van der Waals surface area contributed by atoms with Crippen molar-refractivity contribution in [3.63, 3.8) is 0 Å². The van der Waals surface area contributed by atoms with Crippen LogP contribution in [0, 0.1) is 0 Å². The van der Waals surface area contributed by atoms with Crippen molar-refractivity contribution in [1.29, 1.82) is 0 Å². The summed E-state index contributed by atoms with van der Waals surface area (Å²) in [6.45, 7) is 1.74. The van der Waals surface area contributed by atoms with Gasteiger partial charge in [0.1, 0.15) is 5.82 Å². The molecule has 1 aromatic carbocycles. The van der Waals surface area contributed by atoms with Gasteiger partial charge in [-0.15, -0.1) is 24.8 Å². The molecule has 0 fully saturated rings. The summed E-state index contributed by atoms with van der Waals surface area (Å²) in [6.07, 6.45) is 1.58. The Balaban J connectivity index is 0.000001000. The minimum Gasteiger partial charge on any atom is -0.316 e. The van der Waals surface area contributed by atoms with Crippen LogP contribution in [0.15, 0.2) is 35.1 Å². The van der Waals surface area contributed by atoms with E-state index in [9.17, 15) is 4.79 Å². The zero-order chi connectivity index (χ0) is 12.4. The number of H-pyrrole nitrogens is 1. The van der Waals surface area contributed by atoms with E-state index in [1.807, 2.05) is 30.3 Å². The molecule has 2 heterocycles. The van der Waals surface area contributed by atoms with Crippen LogP contribution in [0.1, 0.15) is 11.3 Å². The predicted molar refractivity (Wildman–Crippen MR) is 85.1 cm³/mol. The highest BCUT2D eigenvalue weighted by molar-refractivity contribution is 5.85. The molecule has 108 valence electrons. The van der Waals surface area contributed by atoms with Gasteiger partial charge in [0.25, 0.3) is 5.56 Å². The smallest absolute Gasteiger partial charge is 0.254 e. The first-order chi connectivity index (χ1) is 8.84. The van der Waals surface area contributed by atoms with Crippen molar-refractivity contribution in [2.75, 3.05) is 13.1 Å². The Labute approximate surface area is 129 Å². The molecule has 4 nitrogen and oxygen atoms in total. The molecule has 1 aliphatic rings. The highest BCUT2D eigenvalue weighted by atomic mass is 35.5. The Morgan fingerprint density at radius 3 is 2.45 bits per heavy atom. The second kappa shape index (κ2) is 7.43. The minimum atomic E-state index is 0. The number of hydrogen-bond donors (Lipinski definition) is 2. The van der Waals surface area contributed by atoms with E-state index in [0.717, 1.165) is 42.8 Å². The van der Waals surface area contributed by atoms with Crippen LogP contribution in [0.25, 0.3) is 11.4 Å². The number of hydrogen-bond acceptors (Lipinski definition) is 3. The third kappa shape index (κ3) is 3.39. The van der Waals surface area contributed by atoms with Crippen LogP contribution in [-0.2, 0) is 12.8 Å². The molecule has 2 N–H and O–H groups in total. The van der Waals surface area contributed by atoms with Gasteiger partial charge in [0, 0.05) is 24.1 Å². The molecule has 6 heteroatoms. The highest BCUT2D eigenvalue weighted by Crippen LogP contribution is 2.15. The molecule has 0 unspecified atom stereocenters. The Morgan fingerprint density at radius 2 is 1.70 bits per heavy atom. The fraction of sp³-hybridized carbons (Fsp3) is 0.286. The number of aromatic nitrogens is 2. The molecule has 2 aromatic rings. The minimum absolute atomic E-state index is 0. The summed E-state index contributed by atoms with van der Waals surface area (Å²) >= 11 is 0. The lowest BCUT2D eigenvalue weighted by atomic mass is 10.1. The summed E-state index contributed by atoms with van der Waals surface area (Å²) in [6, 6.07) is 9.76. The van der Waals surface area contributed by atoms with Crippen molar-refractivity contribution in [1.82, 2.24) is 15.3 Å². The second-order valence-corrected chi connectivity index (χ2v) is 4.46. The van der Waals surface area contributed by atoms with Crippen LogP contribution in [0.4, 0.5) is 0 Å². The average Bonchev–Trinajstić information content (AvgIpc) is 2.65. The summed E-state index contributed by atoms with van der Waals surface area (Å²) < 4.78 is 0. The van der Waals surface area contributed by atoms with Crippen LogP contribution in [0.5, 0.6) is 0 Å². The number of fused-ring (bicyclic) bond motifs is 1. The Bertz CT molecular complexity index is 614. The molecule has 1 aliphatic heterocycles. The van der Waals surface area contributed by atoms with Gasteiger partial charge in [0.2, 0.25) is 0 Å². The van der Waals surface area contributed by atoms with Gasteiger partial charge in [-0.05, 0) is 13.0 Å². The molecule has 0 atom stereocenters. The largest absolute Gasteiger partial charge is 0.316 e. The molecule has 3 rings (SSSR count). The maximum absolute atomic E-state index is 12.1. The molecule has 0 amide bonds. The molecule has 1 aromatic heterocycles. The zero-order valence-corrected chi connectivity index (χ0v) is 12.5. The SMILES string of the molecule is Cl.Cl.O=c1[nH]c(-c2ccccc2)nc2c1CCNCC2. The zero-order valence-electron chi connectivity index (χ0n) is 10.9. The monoisotopic (exact) mass is 313 g/mol. The topological polar surface area (TPSA) is 57.8 Å². The molecule has 0 bridgehead atoms. The van der Waals surface area contributed by atoms with E-state index in [1.165, 1.54) is 0 Å². The van der Waals surface area contributed by atoms with E-state index < -0.39 is 0 Å². The summed E-state index contributed by atoms with van der Waals surface area (Å²) in [5.41, 5.74) is 2.72. The van der Waals surface area contributed by atoms with Crippen LogP contribution < -0.4 is 10.9 Å². The molecule has 0 saturated carbocycles. The van der Waals surface area contributed by atoms with Gasteiger partial charge < -0.3 is 10.3 Å². The standard InChI is InChI=1S/C14H15N3O.2ClH/c18-14-11-6-8-15-9-7-12(11)16-13(17-14)10-4-2-1-3-5-10;;/h1-5,15H,6-9H2,(H,16,17,18);2*1H. The first-order valence-electron chi connectivity index (χ1n) is 6.23. The Morgan fingerprint density at radius 1 is 1.00 bits per heavy atom. The van der Waals surface area contributed by atoms with Gasteiger partial charge in [-0.2, -0.15) is 0 Å².